The summed E-state index contributed by atoms with van der Waals surface area (Å²) < 4.78 is 0. The van der Waals surface area contributed by atoms with Crippen LogP contribution in [0.25, 0.3) is 0 Å². The van der Waals surface area contributed by atoms with Crippen molar-refractivity contribution in [2.45, 2.75) is 25.4 Å². The number of hydrogen-bond donors (Lipinski definition) is 4. The van der Waals surface area contributed by atoms with Crippen LogP contribution in [0.1, 0.15) is 13.3 Å². The van der Waals surface area contributed by atoms with Crippen molar-refractivity contribution < 1.29 is 14.4 Å². The Morgan fingerprint density at radius 2 is 1.79 bits per heavy atom. The third kappa shape index (κ3) is 4.41. The topological polar surface area (TPSA) is 141 Å². The van der Waals surface area contributed by atoms with Gasteiger partial charge in [0.1, 0.15) is 6.04 Å². The molecule has 3 amide bonds. The van der Waals surface area contributed by atoms with Crippen LogP contribution in [0.3, 0.4) is 0 Å². The molecular formula is C7H14N4O3. The van der Waals surface area contributed by atoms with E-state index in [2.05, 4.69) is 5.32 Å². The molecule has 0 bridgehead atoms. The highest BCUT2D eigenvalue weighted by Crippen LogP contribution is 1.89. The zero-order valence-electron chi connectivity index (χ0n) is 7.82. The Kier molecular flexibility index (Phi) is 4.57. The van der Waals surface area contributed by atoms with Gasteiger partial charge in [0.25, 0.3) is 0 Å². The average Bonchev–Trinajstić information content (AvgIpc) is 2.02. The number of primary amides is 2. The van der Waals surface area contributed by atoms with Gasteiger partial charge in [-0.15, -0.1) is 0 Å². The van der Waals surface area contributed by atoms with E-state index in [-0.39, 0.29) is 6.42 Å². The van der Waals surface area contributed by atoms with Crippen LogP contribution in [-0.4, -0.2) is 29.8 Å². The van der Waals surface area contributed by atoms with Crippen molar-refractivity contribution in [1.82, 2.24) is 5.32 Å². The van der Waals surface area contributed by atoms with E-state index in [0.29, 0.717) is 0 Å². The fourth-order valence-electron chi connectivity index (χ4n) is 0.701. The summed E-state index contributed by atoms with van der Waals surface area (Å²) in [6, 6.07) is -1.87. The second kappa shape index (κ2) is 5.18. The molecule has 0 saturated carbocycles. The number of rotatable bonds is 5. The van der Waals surface area contributed by atoms with Crippen molar-refractivity contribution in [2.24, 2.45) is 17.2 Å². The summed E-state index contributed by atoms with van der Waals surface area (Å²) in [5, 5.41) is 2.24. The Hall–Kier alpha value is -1.63. The average molecular weight is 202 g/mol. The van der Waals surface area contributed by atoms with Crippen molar-refractivity contribution in [1.29, 1.82) is 0 Å². The van der Waals surface area contributed by atoms with Crippen LogP contribution in [0.4, 0.5) is 0 Å². The van der Waals surface area contributed by atoms with E-state index >= 15 is 0 Å². The van der Waals surface area contributed by atoms with Crippen LogP contribution in [0.2, 0.25) is 0 Å². The normalized spacial score (nSPS) is 14.1. The summed E-state index contributed by atoms with van der Waals surface area (Å²) in [5.41, 5.74) is 15.0. The molecule has 0 saturated heterocycles. The van der Waals surface area contributed by atoms with Gasteiger partial charge in [-0.3, -0.25) is 14.4 Å². The molecule has 80 valence electrons. The van der Waals surface area contributed by atoms with Gasteiger partial charge in [-0.25, -0.2) is 0 Å². The lowest BCUT2D eigenvalue weighted by atomic mass is 10.2. The zero-order chi connectivity index (χ0) is 11.3. The van der Waals surface area contributed by atoms with Crippen LogP contribution < -0.4 is 22.5 Å². The Balaban J connectivity index is 4.07. The fraction of sp³-hybridized carbons (Fsp3) is 0.571. The molecule has 0 aliphatic rings. The molecule has 0 aliphatic carbocycles. The molecule has 14 heavy (non-hydrogen) atoms. The zero-order valence-corrected chi connectivity index (χ0v) is 7.82. The van der Waals surface area contributed by atoms with Gasteiger partial charge < -0.3 is 22.5 Å². The maximum atomic E-state index is 11.1. The van der Waals surface area contributed by atoms with Crippen molar-refractivity contribution >= 4 is 17.7 Å². The van der Waals surface area contributed by atoms with Crippen LogP contribution >= 0.6 is 0 Å². The number of carbonyl (C=O) groups is 3. The number of nitrogens with one attached hydrogen (secondary N) is 1. The third-order valence-electron chi connectivity index (χ3n) is 1.54. The maximum absolute atomic E-state index is 11.1. The molecule has 2 atom stereocenters. The second-order valence-corrected chi connectivity index (χ2v) is 2.91. The van der Waals surface area contributed by atoms with Gasteiger partial charge in [0.15, 0.2) is 0 Å². The van der Waals surface area contributed by atoms with Crippen LogP contribution in [0.15, 0.2) is 0 Å². The SMILES string of the molecule is C[C@@H](NC(=O)[C@@H](N)CC(N)=O)C(N)=O. The highest BCUT2D eigenvalue weighted by atomic mass is 16.2. The number of hydrogen-bond acceptors (Lipinski definition) is 4. The molecular weight excluding hydrogens is 188 g/mol. The Morgan fingerprint density at radius 3 is 2.14 bits per heavy atom. The fourth-order valence-corrected chi connectivity index (χ4v) is 0.701. The Bertz CT molecular complexity index is 253. The van der Waals surface area contributed by atoms with E-state index in [1.807, 2.05) is 0 Å². The van der Waals surface area contributed by atoms with E-state index < -0.39 is 29.8 Å². The molecule has 0 aromatic heterocycles. The quantitative estimate of drug-likeness (QED) is 0.381. The van der Waals surface area contributed by atoms with Crippen molar-refractivity contribution in [3.63, 3.8) is 0 Å². The maximum Gasteiger partial charge on any atom is 0.239 e. The van der Waals surface area contributed by atoms with Crippen molar-refractivity contribution in [3.05, 3.63) is 0 Å². The standard InChI is InChI=1S/C7H14N4O3/c1-3(6(10)13)11-7(14)4(8)2-5(9)12/h3-4H,2,8H2,1H3,(H2,9,12)(H2,10,13)(H,11,14)/t3-,4+/m1/s1. The predicted molar refractivity (Wildman–Crippen MR) is 48.6 cm³/mol. The first-order valence-corrected chi connectivity index (χ1v) is 3.98. The smallest absolute Gasteiger partial charge is 0.239 e. The van der Waals surface area contributed by atoms with Gasteiger partial charge in [0.05, 0.1) is 12.5 Å². The van der Waals surface area contributed by atoms with Crippen LogP contribution in [0.5, 0.6) is 0 Å². The molecule has 0 unspecified atom stereocenters. The highest BCUT2D eigenvalue weighted by molar-refractivity contribution is 5.91. The van der Waals surface area contributed by atoms with Crippen molar-refractivity contribution in [3.8, 4) is 0 Å². The van der Waals surface area contributed by atoms with Gasteiger partial charge in [-0.05, 0) is 6.92 Å². The summed E-state index contributed by atoms with van der Waals surface area (Å²) in [6.07, 6.45) is -0.267. The Morgan fingerprint density at radius 1 is 1.29 bits per heavy atom. The molecule has 0 spiro atoms. The number of carbonyl (C=O) groups excluding carboxylic acids is 3. The summed E-state index contributed by atoms with van der Waals surface area (Å²) >= 11 is 0. The molecule has 0 fully saturated rings. The first kappa shape index (κ1) is 12.4. The lowest BCUT2D eigenvalue weighted by molar-refractivity contribution is -0.129. The first-order chi connectivity index (χ1) is 6.34. The molecule has 7 nitrogen and oxygen atoms in total. The molecule has 7 N–H and O–H groups in total. The molecule has 0 aromatic rings. The number of nitrogens with two attached hydrogens (primary N) is 3. The van der Waals surface area contributed by atoms with E-state index in [1.54, 1.807) is 0 Å². The summed E-state index contributed by atoms with van der Waals surface area (Å²) in [4.78, 5) is 32.1. The molecule has 0 aliphatic heterocycles. The second-order valence-electron chi connectivity index (χ2n) is 2.91. The lowest BCUT2D eigenvalue weighted by Gasteiger charge is -2.13. The first-order valence-electron chi connectivity index (χ1n) is 3.98. The Labute approximate surface area is 81.0 Å². The van der Waals surface area contributed by atoms with E-state index in [0.717, 1.165) is 0 Å². The van der Waals surface area contributed by atoms with E-state index in [9.17, 15) is 14.4 Å². The van der Waals surface area contributed by atoms with Gasteiger partial charge in [-0.2, -0.15) is 0 Å². The van der Waals surface area contributed by atoms with Gasteiger partial charge in [0.2, 0.25) is 17.7 Å². The molecule has 0 rings (SSSR count). The van der Waals surface area contributed by atoms with Crippen LogP contribution in [-0.2, 0) is 14.4 Å². The van der Waals surface area contributed by atoms with E-state index in [4.69, 9.17) is 17.2 Å². The van der Waals surface area contributed by atoms with E-state index in [1.165, 1.54) is 6.92 Å². The predicted octanol–water partition coefficient (Wildman–Crippen LogP) is -2.82. The van der Waals surface area contributed by atoms with Gasteiger partial charge >= 0.3 is 0 Å². The summed E-state index contributed by atoms with van der Waals surface area (Å²) in [7, 11) is 0. The summed E-state index contributed by atoms with van der Waals surface area (Å²) in [5.74, 6) is -1.99. The largest absolute Gasteiger partial charge is 0.370 e. The minimum absolute atomic E-state index is 0.267. The monoisotopic (exact) mass is 202 g/mol. The summed E-state index contributed by atoms with van der Waals surface area (Å²) in [6.45, 7) is 1.41. The number of amides is 3. The third-order valence-corrected chi connectivity index (χ3v) is 1.54. The molecule has 0 heterocycles. The lowest BCUT2D eigenvalue weighted by Crippen LogP contribution is -2.50. The minimum atomic E-state index is -1.05. The van der Waals surface area contributed by atoms with Gasteiger partial charge in [-0.1, -0.05) is 0 Å². The molecule has 0 radical (unpaired) electrons. The minimum Gasteiger partial charge on any atom is -0.370 e. The van der Waals surface area contributed by atoms with Crippen LogP contribution in [0, 0.1) is 0 Å². The molecule has 0 aromatic carbocycles. The van der Waals surface area contributed by atoms with Crippen molar-refractivity contribution in [2.75, 3.05) is 0 Å². The molecule has 7 heteroatoms. The highest BCUT2D eigenvalue weighted by Gasteiger charge is 2.19. The van der Waals surface area contributed by atoms with Gasteiger partial charge in [0, 0.05) is 0 Å².